The number of hydrogen-bond acceptors (Lipinski definition) is 1. The number of nitrogens with zero attached hydrogens (tertiary/aromatic N) is 1. The molecular weight excluding hydrogens is 231 g/mol. The van der Waals surface area contributed by atoms with Crippen LogP contribution in [0.15, 0.2) is 0 Å². The van der Waals surface area contributed by atoms with E-state index in [-0.39, 0.29) is 91.3 Å². The third-order valence-electron chi connectivity index (χ3n) is 3.32. The molecule has 0 spiro atoms. The summed E-state index contributed by atoms with van der Waals surface area (Å²) in [6, 6.07) is 0. The zero-order valence-corrected chi connectivity index (χ0v) is 14.2. The van der Waals surface area contributed by atoms with Crippen LogP contribution in [-0.4, -0.2) is 47.1 Å². The molecule has 1 fully saturated rings. The number of likely N-dealkylation sites (tertiary alicyclic amines) is 1. The van der Waals surface area contributed by atoms with Gasteiger partial charge in [0.15, 0.2) is 0 Å². The fourth-order valence-electron chi connectivity index (χ4n) is 1.65. The molecule has 0 saturated carbocycles. The van der Waals surface area contributed by atoms with E-state index in [9.17, 15) is 0 Å². The summed E-state index contributed by atoms with van der Waals surface area (Å²) in [6.07, 6.45) is 2.78. The van der Waals surface area contributed by atoms with Crippen LogP contribution in [0.1, 0.15) is 39.3 Å². The summed E-state index contributed by atoms with van der Waals surface area (Å²) in [5, 5.41) is 0. The second-order valence-corrected chi connectivity index (χ2v) is 4.12. The Morgan fingerprint density at radius 1 is 1.20 bits per heavy atom. The van der Waals surface area contributed by atoms with E-state index in [0.717, 1.165) is 5.92 Å². The zero-order chi connectivity index (χ0) is 7.78. The van der Waals surface area contributed by atoms with Crippen molar-refractivity contribution >= 4 is 47.9 Å². The Hall–Kier alpha value is 2.50. The van der Waals surface area contributed by atoms with Gasteiger partial charge < -0.3 is 10.6 Å². The number of hydrogen-bond donors (Lipinski definition) is 0. The number of rotatable bonds is 0. The van der Waals surface area contributed by atoms with Crippen molar-refractivity contribution in [2.45, 2.75) is 39.2 Å². The van der Waals surface area contributed by atoms with E-state index >= 15 is 0 Å². The van der Waals surface area contributed by atoms with E-state index in [0.29, 0.717) is 5.54 Å². The second kappa shape index (κ2) is 12.9. The van der Waals surface area contributed by atoms with Crippen molar-refractivity contribution in [3.8, 4) is 0 Å². The van der Waals surface area contributed by atoms with Crippen molar-refractivity contribution in [2.24, 2.45) is 5.92 Å². The minimum absolute atomic E-state index is 0. The van der Waals surface area contributed by atoms with Crippen molar-refractivity contribution in [3.63, 3.8) is 0 Å². The maximum Gasteiger partial charge on any atom is 2.00 e. The summed E-state index contributed by atoms with van der Waals surface area (Å²) in [5.41, 5.74) is 0.429. The van der Waals surface area contributed by atoms with Crippen molar-refractivity contribution in [3.05, 3.63) is 0 Å². The molecule has 0 radical (unpaired) electrons. The van der Waals surface area contributed by atoms with Crippen molar-refractivity contribution in [2.75, 3.05) is 13.6 Å². The minimum Gasteiger partial charge on any atom is -1.00 e. The summed E-state index contributed by atoms with van der Waals surface area (Å²) in [4.78, 5) is 2.47. The van der Waals surface area contributed by atoms with Gasteiger partial charge in [-0.05, 0) is 46.2 Å². The Labute approximate surface area is 154 Å². The maximum absolute atomic E-state index is 2.47. The molecule has 6 heteroatoms. The van der Waals surface area contributed by atoms with Gasteiger partial charge in [-0.15, -0.1) is 24.8 Å². The molecule has 0 bridgehead atoms. The van der Waals surface area contributed by atoms with Gasteiger partial charge in [-0.3, -0.25) is 0 Å². The van der Waals surface area contributed by atoms with Gasteiger partial charge in [-0.1, -0.05) is 6.92 Å². The van der Waals surface area contributed by atoms with Gasteiger partial charge in [-0.2, -0.15) is 0 Å². The fraction of sp³-hybridized carbons (Fsp3) is 1.00. The molecule has 1 nitrogen and oxygen atoms in total. The summed E-state index contributed by atoms with van der Waals surface area (Å²) in [7, 11) is 2.23. The van der Waals surface area contributed by atoms with E-state index in [4.69, 9.17) is 0 Å². The molecule has 1 rings (SSSR count). The van der Waals surface area contributed by atoms with Crippen LogP contribution in [0.5, 0.6) is 0 Å². The molecule has 15 heavy (non-hydrogen) atoms. The molecule has 1 aliphatic heterocycles. The quantitative estimate of drug-likeness (QED) is 0.419. The monoisotopic (exact) mass is 255 g/mol. The zero-order valence-electron chi connectivity index (χ0n) is 15.2. The smallest absolute Gasteiger partial charge is 1.00 e. The van der Waals surface area contributed by atoms with E-state index in [2.05, 4.69) is 32.7 Å². The summed E-state index contributed by atoms with van der Waals surface area (Å²) in [5.74, 6) is 0.853. The van der Waals surface area contributed by atoms with Gasteiger partial charge in [0.1, 0.15) is 0 Å². The molecule has 1 saturated heterocycles. The normalized spacial score (nSPS) is 22.8. The van der Waals surface area contributed by atoms with Crippen LogP contribution in [0.2, 0.25) is 0 Å². The third-order valence-corrected chi connectivity index (χ3v) is 3.32. The van der Waals surface area contributed by atoms with Crippen molar-refractivity contribution < 1.29 is 43.4 Å². The Morgan fingerprint density at radius 2 is 1.60 bits per heavy atom. The summed E-state index contributed by atoms with van der Waals surface area (Å²) < 4.78 is 0. The average molecular weight is 256 g/mol. The predicted octanol–water partition coefficient (Wildman–Crippen LogP) is -2.95. The Balaban J connectivity index is -0.0000000159. The summed E-state index contributed by atoms with van der Waals surface area (Å²) >= 11 is 0. The van der Waals surface area contributed by atoms with Crippen LogP contribution in [0.25, 0.3) is 0 Å². The molecule has 1 heterocycles. The Kier molecular flexibility index (Phi) is 26.3. The van der Waals surface area contributed by atoms with E-state index in [1.807, 2.05) is 0 Å². The molecule has 0 aromatic carbocycles. The first-order valence-corrected chi connectivity index (χ1v) is 4.26. The fourth-order valence-corrected chi connectivity index (χ4v) is 1.65. The standard InChI is InChI=1S/C9H19N.2ClH.2Li.Mg.4H/c1-8-6-5-7-10(4)9(8,2)3;;;;;;;;;/h8H,5-7H2,1-4H3;2*1H;;;;;;;/q;;;2*+1;+2;4*-1. The van der Waals surface area contributed by atoms with Gasteiger partial charge in [-0.25, -0.2) is 0 Å². The summed E-state index contributed by atoms with van der Waals surface area (Å²) in [6.45, 7) is 8.32. The van der Waals surface area contributed by atoms with Crippen LogP contribution in [0.3, 0.4) is 0 Å². The van der Waals surface area contributed by atoms with Crippen LogP contribution in [-0.2, 0) is 0 Å². The molecule has 0 aromatic heterocycles. The van der Waals surface area contributed by atoms with Crippen molar-refractivity contribution in [1.82, 2.24) is 4.90 Å². The first-order valence-electron chi connectivity index (χ1n) is 4.26. The van der Waals surface area contributed by atoms with E-state index in [1.165, 1.54) is 19.4 Å². The van der Waals surface area contributed by atoms with Gasteiger partial charge in [0.25, 0.3) is 0 Å². The molecule has 0 aliphatic carbocycles. The molecular formula is C9H25Cl2Li2MgN. The number of halogens is 2. The SMILES string of the molecule is CC1CCCN(C)C1(C)C.Cl.Cl.[H-].[H-].[H-].[H-].[Li+].[Li+].[Mg+2]. The van der Waals surface area contributed by atoms with E-state index in [1.54, 1.807) is 0 Å². The van der Waals surface area contributed by atoms with Crippen LogP contribution < -0.4 is 37.7 Å². The predicted molar refractivity (Wildman–Crippen MR) is 69.8 cm³/mol. The largest absolute Gasteiger partial charge is 2.00 e. The van der Waals surface area contributed by atoms with Crippen molar-refractivity contribution in [1.29, 1.82) is 0 Å². The van der Waals surface area contributed by atoms with Gasteiger partial charge in [0.05, 0.1) is 0 Å². The van der Waals surface area contributed by atoms with Crippen LogP contribution >= 0.6 is 24.8 Å². The minimum atomic E-state index is 0. The van der Waals surface area contributed by atoms with Crippen LogP contribution in [0, 0.1) is 5.92 Å². The topological polar surface area (TPSA) is 3.24 Å². The molecule has 0 N–H and O–H groups in total. The van der Waals surface area contributed by atoms with E-state index < -0.39 is 0 Å². The average Bonchev–Trinajstić information content (AvgIpc) is 1.84. The van der Waals surface area contributed by atoms with Gasteiger partial charge in [0.2, 0.25) is 0 Å². The second-order valence-electron chi connectivity index (χ2n) is 4.12. The first-order chi connectivity index (χ1) is 4.55. The third kappa shape index (κ3) is 8.26. The maximum atomic E-state index is 2.47. The molecule has 0 aromatic rings. The van der Waals surface area contributed by atoms with Gasteiger partial charge >= 0.3 is 60.8 Å². The molecule has 84 valence electrons. The first kappa shape index (κ1) is 30.5. The molecule has 1 aliphatic rings. The Bertz CT molecular complexity index is 141. The Morgan fingerprint density at radius 3 is 1.87 bits per heavy atom. The molecule has 1 atom stereocenters. The van der Waals surface area contributed by atoms with Gasteiger partial charge in [0, 0.05) is 5.54 Å². The molecule has 0 amide bonds. The molecule has 1 unspecified atom stereocenters. The van der Waals surface area contributed by atoms with Crippen LogP contribution in [0.4, 0.5) is 0 Å². The number of piperidine rings is 1.